The minimum Gasteiger partial charge on any atom is -0.427 e. The zero-order chi connectivity index (χ0) is 22.2. The molecule has 0 saturated heterocycles. The van der Waals surface area contributed by atoms with Gasteiger partial charge in [-0.2, -0.15) is 26.3 Å². The van der Waals surface area contributed by atoms with Crippen LogP contribution in [-0.4, -0.2) is 35.5 Å². The Hall–Kier alpha value is -0.905. The predicted octanol–water partition coefficient (Wildman–Crippen LogP) is 4.45. The fourth-order valence-electron chi connectivity index (χ4n) is 1.53. The Bertz CT molecular complexity index is 684. The first-order valence-corrected chi connectivity index (χ1v) is 9.05. The maximum absolute atomic E-state index is 13.4. The molecule has 1 radical (unpaired) electrons. The minimum absolute atomic E-state index is 0.0593. The molecule has 1 aromatic rings. The summed E-state index contributed by atoms with van der Waals surface area (Å²) in [6.45, 7) is 7.80. The zero-order valence-electron chi connectivity index (χ0n) is 16.3. The van der Waals surface area contributed by atoms with Crippen LogP contribution in [0.1, 0.15) is 47.1 Å². The third kappa shape index (κ3) is 6.30. The first-order valence-electron chi connectivity index (χ1n) is 8.23. The largest absolute Gasteiger partial charge is 0.427 e. The van der Waals surface area contributed by atoms with Crippen LogP contribution in [0.3, 0.4) is 0 Å². The van der Waals surface area contributed by atoms with Crippen LogP contribution < -0.4 is 10.2 Å². The summed E-state index contributed by atoms with van der Waals surface area (Å²) in [5.41, 5.74) is -5.77. The van der Waals surface area contributed by atoms with Crippen LogP contribution in [0.25, 0.3) is 0 Å². The van der Waals surface area contributed by atoms with E-state index in [2.05, 4.69) is 0 Å². The first kappa shape index (κ1) is 25.1. The molecule has 3 nitrogen and oxygen atoms in total. The van der Waals surface area contributed by atoms with Gasteiger partial charge in [0.15, 0.2) is 0 Å². The molecule has 0 unspecified atom stereocenters. The lowest BCUT2D eigenvalue weighted by atomic mass is 9.82. The van der Waals surface area contributed by atoms with Gasteiger partial charge in [-0.25, -0.2) is 4.72 Å². The molecule has 0 aliphatic rings. The molecule has 2 N–H and O–H groups in total. The van der Waals surface area contributed by atoms with E-state index in [-0.39, 0.29) is 17.4 Å². The molecule has 0 aromatic heterocycles. The summed E-state index contributed by atoms with van der Waals surface area (Å²) in [7, 11) is 1.08. The number of halogens is 6. The molecule has 11 heteroatoms. The molecule has 0 saturated carbocycles. The molecule has 0 aliphatic heterocycles. The lowest BCUT2D eigenvalue weighted by Gasteiger charge is -2.37. The van der Waals surface area contributed by atoms with Crippen molar-refractivity contribution < 1.29 is 36.1 Å². The van der Waals surface area contributed by atoms with Crippen molar-refractivity contribution in [3.63, 3.8) is 0 Å². The summed E-state index contributed by atoms with van der Waals surface area (Å²) in [6, 6.07) is 3.14. The lowest BCUT2D eigenvalue weighted by molar-refractivity contribution is -0.179. The maximum atomic E-state index is 13.4. The summed E-state index contributed by atoms with van der Waals surface area (Å²) in [5.74, 6) is 0. The lowest BCUT2D eigenvalue weighted by Crippen LogP contribution is -2.49. The summed E-state index contributed by atoms with van der Waals surface area (Å²) >= 11 is 0.260. The monoisotopic (exact) mass is 430 g/mol. The van der Waals surface area contributed by atoms with Gasteiger partial charge < -0.3 is 9.76 Å². The van der Waals surface area contributed by atoms with Crippen LogP contribution in [0, 0.1) is 0 Å². The van der Waals surface area contributed by atoms with E-state index in [4.69, 9.17) is 4.65 Å². The number of alkyl halides is 6. The topological polar surface area (TPSA) is 41.5 Å². The van der Waals surface area contributed by atoms with Gasteiger partial charge in [-0.1, -0.05) is 17.6 Å². The quantitative estimate of drug-likeness (QED) is 0.381. The van der Waals surface area contributed by atoms with Crippen molar-refractivity contribution in [3.8, 4) is 0 Å². The molecule has 159 valence electrons. The first-order chi connectivity index (χ1) is 12.3. The predicted molar refractivity (Wildman–Crippen MR) is 97.4 cm³/mol. The number of aliphatic hydroxyl groups is 1. The fraction of sp³-hybridized carbons (Fsp3) is 0.647. The van der Waals surface area contributed by atoms with E-state index in [0.717, 1.165) is 33.5 Å². The molecule has 0 spiro atoms. The highest BCUT2D eigenvalue weighted by Gasteiger charge is 2.47. The Morgan fingerprint density at radius 1 is 0.964 bits per heavy atom. The van der Waals surface area contributed by atoms with Gasteiger partial charge in [0.1, 0.15) is 5.54 Å². The van der Waals surface area contributed by atoms with Gasteiger partial charge in [-0.05, 0) is 59.6 Å². The number of benzene rings is 1. The molecule has 0 amide bonds. The standard InChI is InChI=1S/C17H23BF6NO2S/c1-13(2,17(22,23)24)25-28-12-8-7-10(9-11(12)16(19,20)21)18-27-15(5,6)14(3,4)26/h7-9,25-26H,1-6H3. The van der Waals surface area contributed by atoms with Gasteiger partial charge in [-0.15, -0.1) is 0 Å². The van der Waals surface area contributed by atoms with Crippen molar-refractivity contribution in [2.75, 3.05) is 0 Å². The van der Waals surface area contributed by atoms with E-state index in [0.29, 0.717) is 0 Å². The van der Waals surface area contributed by atoms with E-state index in [1.807, 2.05) is 4.72 Å². The second kappa shape index (κ2) is 8.08. The summed E-state index contributed by atoms with van der Waals surface area (Å²) < 4.78 is 86.3. The molecular formula is C17H23BF6NO2S. The average Bonchev–Trinajstić information content (AvgIpc) is 2.48. The molecule has 1 aromatic carbocycles. The molecule has 0 bridgehead atoms. The van der Waals surface area contributed by atoms with Crippen molar-refractivity contribution in [1.82, 2.24) is 4.72 Å². The second-order valence-corrected chi connectivity index (χ2v) is 8.73. The van der Waals surface area contributed by atoms with E-state index in [9.17, 15) is 31.4 Å². The highest BCUT2D eigenvalue weighted by molar-refractivity contribution is 7.97. The van der Waals surface area contributed by atoms with Crippen molar-refractivity contribution in [2.24, 2.45) is 0 Å². The summed E-state index contributed by atoms with van der Waals surface area (Å²) in [4.78, 5) is -0.399. The minimum atomic E-state index is -4.78. The van der Waals surface area contributed by atoms with Gasteiger partial charge in [0.05, 0.1) is 16.8 Å². The van der Waals surface area contributed by atoms with Crippen molar-refractivity contribution in [2.45, 2.75) is 75.5 Å². The van der Waals surface area contributed by atoms with Gasteiger partial charge in [0.25, 0.3) is 0 Å². The second-order valence-electron chi connectivity index (χ2n) is 7.89. The fourth-order valence-corrected chi connectivity index (χ4v) is 2.43. The van der Waals surface area contributed by atoms with Crippen molar-refractivity contribution >= 4 is 24.9 Å². The Morgan fingerprint density at radius 2 is 1.50 bits per heavy atom. The van der Waals surface area contributed by atoms with Crippen LogP contribution in [0.2, 0.25) is 0 Å². The van der Waals surface area contributed by atoms with Crippen LogP contribution in [0.15, 0.2) is 23.1 Å². The smallest absolute Gasteiger partial charge is 0.417 e. The Kier molecular flexibility index (Phi) is 7.25. The molecule has 1 rings (SSSR count). The summed E-state index contributed by atoms with van der Waals surface area (Å²) in [6.07, 6.45) is -9.41. The number of rotatable bonds is 7. The van der Waals surface area contributed by atoms with Gasteiger partial charge >= 0.3 is 19.8 Å². The molecule has 0 heterocycles. The molecule has 0 fully saturated rings. The van der Waals surface area contributed by atoms with Gasteiger partial charge in [0, 0.05) is 4.90 Å². The summed E-state index contributed by atoms with van der Waals surface area (Å²) in [5, 5.41) is 10.0. The average molecular weight is 430 g/mol. The van der Waals surface area contributed by atoms with Crippen LogP contribution in [0.4, 0.5) is 26.3 Å². The third-order valence-corrected chi connectivity index (χ3v) is 5.59. The number of nitrogens with one attached hydrogen (secondary N) is 1. The SMILES string of the molecule is CC(C)(O)C(C)(C)O[B]c1ccc(SNC(C)(C)C(F)(F)F)c(C(F)(F)F)c1. The Labute approximate surface area is 165 Å². The Balaban J connectivity index is 3.07. The third-order valence-electron chi connectivity index (χ3n) is 4.40. The molecular weight excluding hydrogens is 407 g/mol. The molecule has 28 heavy (non-hydrogen) atoms. The number of hydrogen-bond acceptors (Lipinski definition) is 4. The highest BCUT2D eigenvalue weighted by Crippen LogP contribution is 2.38. The highest BCUT2D eigenvalue weighted by atomic mass is 32.2. The normalized spacial score (nSPS) is 14.3. The molecule has 0 atom stereocenters. The van der Waals surface area contributed by atoms with Crippen molar-refractivity contribution in [3.05, 3.63) is 23.8 Å². The molecule has 0 aliphatic carbocycles. The van der Waals surface area contributed by atoms with Crippen LogP contribution >= 0.6 is 11.9 Å². The van der Waals surface area contributed by atoms with E-state index < -0.39 is 39.6 Å². The van der Waals surface area contributed by atoms with E-state index in [1.54, 1.807) is 13.8 Å². The van der Waals surface area contributed by atoms with Crippen LogP contribution in [0.5, 0.6) is 0 Å². The maximum Gasteiger partial charge on any atom is 0.417 e. The Morgan fingerprint density at radius 3 is 1.93 bits per heavy atom. The van der Waals surface area contributed by atoms with Crippen molar-refractivity contribution in [1.29, 1.82) is 0 Å². The van der Waals surface area contributed by atoms with Crippen LogP contribution in [-0.2, 0) is 10.8 Å². The van der Waals surface area contributed by atoms with E-state index in [1.165, 1.54) is 19.9 Å². The number of hydrogen-bond donors (Lipinski definition) is 2. The zero-order valence-corrected chi connectivity index (χ0v) is 17.2. The van der Waals surface area contributed by atoms with Gasteiger partial charge in [-0.3, -0.25) is 0 Å². The van der Waals surface area contributed by atoms with E-state index >= 15 is 0 Å². The van der Waals surface area contributed by atoms with Gasteiger partial charge in [0.2, 0.25) is 0 Å².